The Morgan fingerprint density at radius 3 is 2.76 bits per heavy atom. The number of amides is 1. The van der Waals surface area contributed by atoms with Gasteiger partial charge in [-0.3, -0.25) is 14.2 Å². The molecule has 4 rings (SSSR count). The van der Waals surface area contributed by atoms with Gasteiger partial charge in [-0.05, 0) is 37.8 Å². The van der Waals surface area contributed by atoms with Crippen LogP contribution in [-0.2, 0) is 6.54 Å². The Morgan fingerprint density at radius 1 is 1.38 bits per heavy atom. The number of rotatable bonds is 6. The van der Waals surface area contributed by atoms with Gasteiger partial charge in [0.1, 0.15) is 15.7 Å². The van der Waals surface area contributed by atoms with Crippen molar-refractivity contribution in [1.82, 2.24) is 29.7 Å². The predicted molar refractivity (Wildman–Crippen MR) is 110 cm³/mol. The van der Waals surface area contributed by atoms with Gasteiger partial charge in [-0.25, -0.2) is 0 Å². The number of hydrogen-bond acceptors (Lipinski definition) is 7. The number of nitrogens with one attached hydrogen (secondary N) is 1. The van der Waals surface area contributed by atoms with Gasteiger partial charge in [-0.1, -0.05) is 25.2 Å². The quantitative estimate of drug-likeness (QED) is 0.638. The summed E-state index contributed by atoms with van der Waals surface area (Å²) in [4.78, 5) is 25.5. The van der Waals surface area contributed by atoms with Crippen LogP contribution >= 0.6 is 11.3 Å². The van der Waals surface area contributed by atoms with Gasteiger partial charge in [0.25, 0.3) is 11.5 Å². The van der Waals surface area contributed by atoms with Crippen molar-refractivity contribution >= 4 is 35.0 Å². The highest BCUT2D eigenvalue weighted by molar-refractivity contribution is 7.12. The van der Waals surface area contributed by atoms with Crippen LogP contribution in [0.3, 0.4) is 0 Å². The van der Waals surface area contributed by atoms with E-state index >= 15 is 0 Å². The lowest BCUT2D eigenvalue weighted by atomic mass is 10.2. The Balaban J connectivity index is 1.86. The van der Waals surface area contributed by atoms with Crippen molar-refractivity contribution in [3.05, 3.63) is 37.7 Å². The van der Waals surface area contributed by atoms with Gasteiger partial charge in [0.15, 0.2) is 5.56 Å². The fraction of sp³-hybridized carbons (Fsp3) is 0.421. The van der Waals surface area contributed by atoms with Gasteiger partial charge in [0, 0.05) is 18.2 Å². The minimum absolute atomic E-state index is 0.0713. The van der Waals surface area contributed by atoms with E-state index in [4.69, 9.17) is 0 Å². The third-order valence-electron chi connectivity index (χ3n) is 4.55. The van der Waals surface area contributed by atoms with Crippen LogP contribution < -0.4 is 10.9 Å². The third kappa shape index (κ3) is 3.80. The molecule has 1 saturated carbocycles. The van der Waals surface area contributed by atoms with Crippen LogP contribution in [0.4, 0.5) is 0 Å². The monoisotopic (exact) mass is 414 g/mol. The molecular weight excluding hydrogens is 392 g/mol. The number of hydrogen-bond donors (Lipinski definition) is 2. The summed E-state index contributed by atoms with van der Waals surface area (Å²) < 4.78 is 2.75. The predicted octanol–water partition coefficient (Wildman–Crippen LogP) is 2.08. The van der Waals surface area contributed by atoms with Crippen molar-refractivity contribution in [2.75, 3.05) is 0 Å². The molecule has 3 aromatic heterocycles. The van der Waals surface area contributed by atoms with Crippen LogP contribution in [0.1, 0.15) is 52.6 Å². The molecule has 0 aliphatic heterocycles. The van der Waals surface area contributed by atoms with Crippen LogP contribution in [0.25, 0.3) is 17.8 Å². The first-order chi connectivity index (χ1) is 13.8. The molecule has 1 aliphatic rings. The molecule has 0 bridgehead atoms. The molecule has 0 radical (unpaired) electrons. The summed E-state index contributed by atoms with van der Waals surface area (Å²) in [6, 6.07) is 0.0713. The summed E-state index contributed by atoms with van der Waals surface area (Å²) >= 11 is 1.45. The summed E-state index contributed by atoms with van der Waals surface area (Å²) in [6.45, 7) is 6.28. The van der Waals surface area contributed by atoms with Gasteiger partial charge in [-0.15, -0.1) is 10.2 Å². The minimum Gasteiger partial charge on any atom is -0.494 e. The Hall–Kier alpha value is -3.01. The lowest BCUT2D eigenvalue weighted by Gasteiger charge is -2.17. The van der Waals surface area contributed by atoms with Crippen molar-refractivity contribution in [2.24, 2.45) is 5.92 Å². The normalized spacial score (nSPS) is 14.3. The molecule has 29 heavy (non-hydrogen) atoms. The topological polar surface area (TPSA) is 114 Å². The number of carbonyl (C=O) groups excluding carboxylic acids is 1. The second-order valence-corrected chi connectivity index (χ2v) is 8.80. The number of carbonyl (C=O) groups is 1. The minimum atomic E-state index is -0.637. The van der Waals surface area contributed by atoms with E-state index in [1.807, 2.05) is 20.8 Å². The van der Waals surface area contributed by atoms with Crippen LogP contribution in [-0.4, -0.2) is 41.4 Å². The van der Waals surface area contributed by atoms with E-state index in [1.165, 1.54) is 15.9 Å². The van der Waals surface area contributed by atoms with Crippen molar-refractivity contribution < 1.29 is 9.90 Å². The molecule has 3 aromatic rings. The highest BCUT2D eigenvalue weighted by atomic mass is 32.1. The average Bonchev–Trinajstić information content (AvgIpc) is 3.20. The molecule has 1 fully saturated rings. The van der Waals surface area contributed by atoms with E-state index < -0.39 is 11.5 Å². The average molecular weight is 414 g/mol. The number of aromatic nitrogens is 5. The molecule has 1 aliphatic carbocycles. The molecule has 2 N–H and O–H groups in total. The van der Waals surface area contributed by atoms with E-state index in [9.17, 15) is 14.7 Å². The smallest absolute Gasteiger partial charge is 0.291 e. The fourth-order valence-electron chi connectivity index (χ4n) is 3.09. The molecule has 152 valence electrons. The summed E-state index contributed by atoms with van der Waals surface area (Å²) in [5, 5.41) is 27.4. The standard InChI is InChI=1S/C19H22N6O3S/c1-10(2)9-24-17-12(4-7-14-23-22-11(3)29-14)8-20-25(17)19(28)15(18(24)27)16(26)21-13-5-6-13/h4,7-8,10,13,27H,5-6,9H2,1-3H3,(H,21,26). The first kappa shape index (κ1) is 19.3. The molecule has 0 saturated heterocycles. The van der Waals surface area contributed by atoms with Crippen molar-refractivity contribution in [3.63, 3.8) is 0 Å². The molecule has 10 heteroatoms. The van der Waals surface area contributed by atoms with Crippen molar-refractivity contribution in [2.45, 2.75) is 46.2 Å². The molecule has 0 atom stereocenters. The lowest BCUT2D eigenvalue weighted by molar-refractivity contribution is 0.0944. The molecule has 3 heterocycles. The Labute approximate surface area is 170 Å². The number of aryl methyl sites for hydroxylation is 1. The first-order valence-corrected chi connectivity index (χ1v) is 10.3. The Morgan fingerprint density at radius 2 is 2.14 bits per heavy atom. The van der Waals surface area contributed by atoms with Gasteiger partial charge in [0.2, 0.25) is 5.88 Å². The zero-order valence-electron chi connectivity index (χ0n) is 16.4. The SMILES string of the molecule is Cc1nnc(C=Cc2cnn3c(=O)c(C(=O)NC4CC4)c(O)n(CC(C)C)c23)s1. The van der Waals surface area contributed by atoms with Gasteiger partial charge < -0.3 is 10.4 Å². The highest BCUT2D eigenvalue weighted by Gasteiger charge is 2.29. The van der Waals surface area contributed by atoms with Crippen LogP contribution in [0.5, 0.6) is 5.88 Å². The number of aromatic hydroxyl groups is 1. The van der Waals surface area contributed by atoms with E-state index in [0.717, 1.165) is 22.9 Å². The van der Waals surface area contributed by atoms with Crippen molar-refractivity contribution in [3.8, 4) is 5.88 Å². The maximum atomic E-state index is 12.9. The largest absolute Gasteiger partial charge is 0.494 e. The van der Waals surface area contributed by atoms with E-state index in [0.29, 0.717) is 17.8 Å². The van der Waals surface area contributed by atoms with Crippen molar-refractivity contribution in [1.29, 1.82) is 0 Å². The third-order valence-corrected chi connectivity index (χ3v) is 5.35. The second kappa shape index (κ2) is 7.43. The summed E-state index contributed by atoms with van der Waals surface area (Å²) in [7, 11) is 0. The van der Waals surface area contributed by atoms with E-state index in [2.05, 4.69) is 20.6 Å². The summed E-state index contributed by atoms with van der Waals surface area (Å²) in [5.74, 6) is -0.730. The van der Waals surface area contributed by atoms with E-state index in [-0.39, 0.29) is 23.4 Å². The maximum Gasteiger partial charge on any atom is 0.291 e. The first-order valence-electron chi connectivity index (χ1n) is 9.47. The maximum absolute atomic E-state index is 12.9. The van der Waals surface area contributed by atoms with E-state index in [1.54, 1.807) is 22.9 Å². The zero-order chi connectivity index (χ0) is 20.7. The Kier molecular flexibility index (Phi) is 4.95. The van der Waals surface area contributed by atoms with Crippen LogP contribution in [0.2, 0.25) is 0 Å². The van der Waals surface area contributed by atoms with Crippen LogP contribution in [0.15, 0.2) is 11.0 Å². The van der Waals surface area contributed by atoms with Gasteiger partial charge in [0.05, 0.1) is 6.20 Å². The summed E-state index contributed by atoms with van der Waals surface area (Å²) in [5.41, 5.74) is 0.159. The molecule has 0 aromatic carbocycles. The highest BCUT2D eigenvalue weighted by Crippen LogP contribution is 2.25. The molecule has 1 amide bonds. The number of fused-ring (bicyclic) bond motifs is 1. The van der Waals surface area contributed by atoms with Gasteiger partial charge >= 0.3 is 0 Å². The Bertz CT molecular complexity index is 1170. The second-order valence-electron chi connectivity index (χ2n) is 7.58. The molecule has 0 spiro atoms. The number of nitrogens with zero attached hydrogens (tertiary/aromatic N) is 5. The molecule has 9 nitrogen and oxygen atoms in total. The van der Waals surface area contributed by atoms with Gasteiger partial charge in [-0.2, -0.15) is 9.61 Å². The van der Waals surface area contributed by atoms with Crippen LogP contribution in [0, 0.1) is 12.8 Å². The molecule has 0 unspecified atom stereocenters. The fourth-order valence-corrected chi connectivity index (χ4v) is 3.69. The zero-order valence-corrected chi connectivity index (χ0v) is 17.2. The summed E-state index contributed by atoms with van der Waals surface area (Å²) in [6.07, 6.45) is 6.88. The molecular formula is C19H22N6O3S. The lowest BCUT2D eigenvalue weighted by Crippen LogP contribution is -2.34.